The molecule has 1 aromatic carbocycles. The normalized spacial score (nSPS) is 14.0. The summed E-state index contributed by atoms with van der Waals surface area (Å²) >= 11 is 0. The Bertz CT molecular complexity index is 1310. The molecule has 168 valence electrons. The molecule has 33 heavy (non-hydrogen) atoms. The molecule has 0 unspecified atom stereocenters. The van der Waals surface area contributed by atoms with Gasteiger partial charge in [0.05, 0.1) is 6.33 Å². The van der Waals surface area contributed by atoms with Crippen LogP contribution in [0.5, 0.6) is 0 Å². The maximum Gasteiger partial charge on any atom is 0.191 e. The fourth-order valence-corrected chi connectivity index (χ4v) is 3.59. The highest BCUT2D eigenvalue weighted by Crippen LogP contribution is 2.13. The Labute approximate surface area is 191 Å². The quantitative estimate of drug-likeness (QED) is 0.229. The fourth-order valence-electron chi connectivity index (χ4n) is 3.59. The van der Waals surface area contributed by atoms with Crippen LogP contribution >= 0.6 is 0 Å². The van der Waals surface area contributed by atoms with Crippen molar-refractivity contribution in [2.24, 2.45) is 4.99 Å². The zero-order valence-corrected chi connectivity index (χ0v) is 18.4. The summed E-state index contributed by atoms with van der Waals surface area (Å²) in [4.78, 5) is 24.5. The Morgan fingerprint density at radius 3 is 2.88 bits per heavy atom. The van der Waals surface area contributed by atoms with Crippen molar-refractivity contribution >= 4 is 11.9 Å². The molecule has 0 saturated heterocycles. The van der Waals surface area contributed by atoms with Gasteiger partial charge in [-0.1, -0.05) is 37.3 Å². The standard InChI is InChI=1S/C26H26N4O3/c1-2-20(25(32)24-15-29-26-23(24)7-4-12-28-26)5-3-6-22(16-31)33-17-19-8-10-21(11-9-19)30-14-13-27-18-30/h3,5-11,13-16,18,31H,2,4,12,17H2,1H3,(H,28,29)/b6-3-,20-5+,22-16-. The molecular weight excluding hydrogens is 416 g/mol. The Hall–Kier alpha value is -4.13. The van der Waals surface area contributed by atoms with Gasteiger partial charge in [-0.3, -0.25) is 9.79 Å². The van der Waals surface area contributed by atoms with Gasteiger partial charge in [-0.2, -0.15) is 0 Å². The number of nitrogens with zero attached hydrogens (tertiary/aromatic N) is 3. The molecule has 3 aromatic rings. The molecule has 7 nitrogen and oxygen atoms in total. The highest BCUT2D eigenvalue weighted by molar-refractivity contribution is 6.08. The number of benzene rings is 1. The SMILES string of the molecule is CC\C(=C/C=C\C(=C\O)OCc1ccc(-n2ccnc2)cc1)C(=O)c1c[nH]c2c1=CCCN=2. The third-order valence-electron chi connectivity index (χ3n) is 5.39. The van der Waals surface area contributed by atoms with Crippen molar-refractivity contribution in [1.82, 2.24) is 14.5 Å². The molecule has 3 heterocycles. The summed E-state index contributed by atoms with van der Waals surface area (Å²) in [6, 6.07) is 7.88. The summed E-state index contributed by atoms with van der Waals surface area (Å²) in [6.07, 6.45) is 16.6. The number of carbonyl (C=O) groups is 1. The first-order chi connectivity index (χ1) is 16.2. The molecule has 0 spiro atoms. The Balaban J connectivity index is 1.39. The van der Waals surface area contributed by atoms with Gasteiger partial charge in [0.2, 0.25) is 0 Å². The van der Waals surface area contributed by atoms with Crippen LogP contribution < -0.4 is 10.7 Å². The summed E-state index contributed by atoms with van der Waals surface area (Å²) < 4.78 is 7.62. The van der Waals surface area contributed by atoms with Crippen molar-refractivity contribution < 1.29 is 14.6 Å². The second-order valence-electron chi connectivity index (χ2n) is 7.53. The largest absolute Gasteiger partial charge is 0.512 e. The van der Waals surface area contributed by atoms with E-state index in [9.17, 15) is 9.90 Å². The number of carbonyl (C=O) groups excluding carboxylic acids is 1. The Kier molecular flexibility index (Phi) is 6.99. The number of imidazole rings is 1. The van der Waals surface area contributed by atoms with Crippen molar-refractivity contribution in [3.8, 4) is 5.69 Å². The minimum absolute atomic E-state index is 0.0265. The number of fused-ring (bicyclic) bond motifs is 1. The lowest BCUT2D eigenvalue weighted by Gasteiger charge is -2.07. The van der Waals surface area contributed by atoms with Crippen LogP contribution in [0.1, 0.15) is 35.7 Å². The molecule has 0 fully saturated rings. The first kappa shape index (κ1) is 22.1. The number of aliphatic hydroxyl groups excluding tert-OH is 1. The van der Waals surface area contributed by atoms with Gasteiger partial charge in [0.15, 0.2) is 11.5 Å². The summed E-state index contributed by atoms with van der Waals surface area (Å²) in [5.41, 5.74) is 4.05. The van der Waals surface area contributed by atoms with Gasteiger partial charge in [-0.15, -0.1) is 0 Å². The lowest BCUT2D eigenvalue weighted by atomic mass is 10.0. The molecule has 0 aliphatic carbocycles. The van der Waals surface area contributed by atoms with Gasteiger partial charge in [0.1, 0.15) is 18.4 Å². The number of hydrogen-bond acceptors (Lipinski definition) is 5. The van der Waals surface area contributed by atoms with Gasteiger partial charge in [0, 0.05) is 41.6 Å². The van der Waals surface area contributed by atoms with Crippen LogP contribution in [0.4, 0.5) is 0 Å². The fraction of sp³-hybridized carbons (Fsp3) is 0.192. The minimum Gasteiger partial charge on any atom is -0.512 e. The van der Waals surface area contributed by atoms with E-state index in [2.05, 4.69) is 21.0 Å². The summed E-state index contributed by atoms with van der Waals surface area (Å²) in [7, 11) is 0. The molecule has 7 heteroatoms. The second kappa shape index (κ2) is 10.5. The molecular formula is C26H26N4O3. The minimum atomic E-state index is -0.0265. The predicted molar refractivity (Wildman–Crippen MR) is 126 cm³/mol. The highest BCUT2D eigenvalue weighted by atomic mass is 16.5. The van der Waals surface area contributed by atoms with Crippen LogP contribution in [0.25, 0.3) is 11.8 Å². The number of nitrogens with one attached hydrogen (secondary N) is 1. The van der Waals surface area contributed by atoms with E-state index in [4.69, 9.17) is 4.74 Å². The van der Waals surface area contributed by atoms with Gasteiger partial charge in [-0.25, -0.2) is 4.98 Å². The lowest BCUT2D eigenvalue weighted by Crippen LogP contribution is -2.30. The van der Waals surface area contributed by atoms with Crippen LogP contribution in [0.3, 0.4) is 0 Å². The molecule has 1 aliphatic heterocycles. The summed E-state index contributed by atoms with van der Waals surface area (Å²) in [5.74, 6) is 0.278. The van der Waals surface area contributed by atoms with Crippen molar-refractivity contribution in [2.45, 2.75) is 26.4 Å². The Morgan fingerprint density at radius 2 is 2.15 bits per heavy atom. The van der Waals surface area contributed by atoms with E-state index < -0.39 is 0 Å². The Morgan fingerprint density at radius 1 is 1.30 bits per heavy atom. The van der Waals surface area contributed by atoms with Crippen LogP contribution in [0.15, 0.2) is 90.0 Å². The number of rotatable bonds is 9. The molecule has 4 rings (SSSR count). The molecule has 1 aliphatic rings. The van der Waals surface area contributed by atoms with Crippen LogP contribution in [-0.2, 0) is 11.3 Å². The predicted octanol–water partition coefficient (Wildman–Crippen LogP) is 3.70. The van der Waals surface area contributed by atoms with Crippen LogP contribution in [0, 0.1) is 0 Å². The average molecular weight is 443 g/mol. The summed E-state index contributed by atoms with van der Waals surface area (Å²) in [6.45, 7) is 2.99. The molecule has 0 atom stereocenters. The zero-order valence-electron chi connectivity index (χ0n) is 18.4. The number of aromatic amines is 1. The lowest BCUT2D eigenvalue weighted by molar-refractivity contribution is 0.103. The first-order valence-corrected chi connectivity index (χ1v) is 10.9. The number of hydrogen-bond donors (Lipinski definition) is 2. The summed E-state index contributed by atoms with van der Waals surface area (Å²) in [5, 5.41) is 10.4. The number of Topliss-reactive ketones (excluding diaryl/α,β-unsaturated/α-hetero) is 1. The van der Waals surface area contributed by atoms with Crippen LogP contribution in [-0.4, -0.2) is 32.0 Å². The van der Waals surface area contributed by atoms with Gasteiger partial charge < -0.3 is 19.4 Å². The average Bonchev–Trinajstić information content (AvgIpc) is 3.54. The second-order valence-corrected chi connectivity index (χ2v) is 7.53. The number of ketones is 1. The number of aliphatic hydroxyl groups is 1. The number of aromatic nitrogens is 3. The molecule has 2 N–H and O–H groups in total. The zero-order chi connectivity index (χ0) is 23.0. The molecule has 0 amide bonds. The first-order valence-electron chi connectivity index (χ1n) is 10.9. The van der Waals surface area contributed by atoms with Gasteiger partial charge >= 0.3 is 0 Å². The number of allylic oxidation sites excluding steroid dienone is 4. The maximum atomic E-state index is 13.0. The molecule has 0 saturated carbocycles. The van der Waals surface area contributed by atoms with Crippen molar-refractivity contribution in [1.29, 1.82) is 0 Å². The molecule has 0 bridgehead atoms. The molecule has 0 radical (unpaired) electrons. The van der Waals surface area contributed by atoms with Gasteiger partial charge in [0.25, 0.3) is 0 Å². The van der Waals surface area contributed by atoms with E-state index in [0.717, 1.165) is 41.2 Å². The van der Waals surface area contributed by atoms with Crippen molar-refractivity contribution in [3.05, 3.63) is 107 Å². The van der Waals surface area contributed by atoms with Crippen LogP contribution in [0.2, 0.25) is 0 Å². The third kappa shape index (κ3) is 5.20. The van der Waals surface area contributed by atoms with E-state index in [-0.39, 0.29) is 5.78 Å². The topological polar surface area (TPSA) is 92.5 Å². The van der Waals surface area contributed by atoms with Gasteiger partial charge in [-0.05, 0) is 42.2 Å². The van der Waals surface area contributed by atoms with E-state index in [1.807, 2.05) is 42.0 Å². The van der Waals surface area contributed by atoms with Crippen molar-refractivity contribution in [2.75, 3.05) is 6.54 Å². The number of H-pyrrole nitrogens is 1. The van der Waals surface area contributed by atoms with E-state index >= 15 is 0 Å². The molecule has 2 aromatic heterocycles. The van der Waals surface area contributed by atoms with E-state index in [0.29, 0.717) is 29.9 Å². The highest BCUT2D eigenvalue weighted by Gasteiger charge is 2.14. The van der Waals surface area contributed by atoms with E-state index in [1.54, 1.807) is 36.9 Å². The van der Waals surface area contributed by atoms with E-state index in [1.165, 1.54) is 0 Å². The maximum absolute atomic E-state index is 13.0. The monoisotopic (exact) mass is 442 g/mol. The third-order valence-corrected chi connectivity index (χ3v) is 5.39. The van der Waals surface area contributed by atoms with Crippen molar-refractivity contribution in [3.63, 3.8) is 0 Å². The number of ether oxygens (including phenoxy) is 1. The smallest absolute Gasteiger partial charge is 0.191 e.